The molecule has 0 radical (unpaired) electrons. The topological polar surface area (TPSA) is 105 Å². The zero-order chi connectivity index (χ0) is 28.4. The molecule has 0 amide bonds. The van der Waals surface area contributed by atoms with Crippen molar-refractivity contribution < 1.29 is 29.2 Å². The van der Waals surface area contributed by atoms with Gasteiger partial charge in [0.15, 0.2) is 16.3 Å². The molecule has 0 unspecified atom stereocenters. The van der Waals surface area contributed by atoms with Crippen molar-refractivity contribution >= 4 is 17.3 Å². The van der Waals surface area contributed by atoms with Gasteiger partial charge in [0.1, 0.15) is 29.1 Å². The molecule has 2 aliphatic rings. The van der Waals surface area contributed by atoms with E-state index in [1.807, 2.05) is 31.2 Å². The quantitative estimate of drug-likeness (QED) is 0.243. The molecule has 4 N–H and O–H groups in total. The Morgan fingerprint density at radius 3 is 2.31 bits per heavy atom. The van der Waals surface area contributed by atoms with Gasteiger partial charge in [0.2, 0.25) is 0 Å². The van der Waals surface area contributed by atoms with E-state index < -0.39 is 29.3 Å². The summed E-state index contributed by atoms with van der Waals surface area (Å²) in [5.74, 6) is 1.53. The third-order valence-electron chi connectivity index (χ3n) is 8.31. The molecule has 214 valence electrons. The van der Waals surface area contributed by atoms with Crippen molar-refractivity contribution in [2.24, 2.45) is 5.92 Å². The predicted octanol–water partition coefficient (Wildman–Crippen LogP) is 2.76. The average molecular weight is 560 g/mol. The summed E-state index contributed by atoms with van der Waals surface area (Å²) in [5.41, 5.74) is -2.14. The molecular formula is C29H41N3O6S. The van der Waals surface area contributed by atoms with Crippen LogP contribution in [0.15, 0.2) is 36.4 Å². The number of nitrogens with zero attached hydrogens (tertiary/aromatic N) is 1. The summed E-state index contributed by atoms with van der Waals surface area (Å²) in [7, 11) is 4.67. The Kier molecular flexibility index (Phi) is 8.80. The predicted molar refractivity (Wildman–Crippen MR) is 154 cm³/mol. The van der Waals surface area contributed by atoms with E-state index in [4.69, 9.17) is 31.2 Å². The zero-order valence-corrected chi connectivity index (χ0v) is 24.4. The Hall–Kier alpha value is -2.79. The first-order chi connectivity index (χ1) is 18.7. The van der Waals surface area contributed by atoms with Crippen LogP contribution in [0.4, 0.5) is 0 Å². The molecule has 1 aliphatic carbocycles. The number of benzene rings is 2. The molecule has 10 heteroatoms. The molecule has 0 spiro atoms. The molecule has 1 heterocycles. The van der Waals surface area contributed by atoms with Gasteiger partial charge in [-0.05, 0) is 56.0 Å². The van der Waals surface area contributed by atoms with Gasteiger partial charge in [-0.3, -0.25) is 0 Å². The molecule has 0 bridgehead atoms. The second-order valence-electron chi connectivity index (χ2n) is 10.1. The normalized spacial score (nSPS) is 26.9. The third-order valence-corrected chi connectivity index (χ3v) is 8.57. The zero-order valence-electron chi connectivity index (χ0n) is 23.6. The Morgan fingerprint density at radius 2 is 1.72 bits per heavy atom. The summed E-state index contributed by atoms with van der Waals surface area (Å²) in [5, 5.41) is 31.4. The molecule has 0 aromatic heterocycles. The first kappa shape index (κ1) is 29.2. The minimum Gasteiger partial charge on any atom is -0.497 e. The Balaban J connectivity index is 1.69. The fraction of sp³-hybridized carbons (Fsp3) is 0.552. The van der Waals surface area contributed by atoms with Crippen molar-refractivity contribution in [3.8, 4) is 23.0 Å². The maximum absolute atomic E-state index is 12.6. The minimum absolute atomic E-state index is 0.367. The number of nitrogens with one attached hydrogen (secondary N) is 2. The molecule has 1 fully saturated rings. The fourth-order valence-electron chi connectivity index (χ4n) is 6.16. The molecular weight excluding hydrogens is 518 g/mol. The number of methoxy groups -OCH3 is 3. The van der Waals surface area contributed by atoms with E-state index in [9.17, 15) is 10.2 Å². The van der Waals surface area contributed by atoms with E-state index in [0.29, 0.717) is 45.8 Å². The summed E-state index contributed by atoms with van der Waals surface area (Å²) in [4.78, 5) is 2.35. The van der Waals surface area contributed by atoms with Crippen LogP contribution in [-0.4, -0.2) is 79.9 Å². The van der Waals surface area contributed by atoms with Crippen LogP contribution in [0, 0.1) is 5.92 Å². The number of ether oxygens (including phenoxy) is 4. The van der Waals surface area contributed by atoms with Gasteiger partial charge >= 0.3 is 0 Å². The number of rotatable bonds is 11. The third kappa shape index (κ3) is 4.77. The highest BCUT2D eigenvalue weighted by atomic mass is 32.1. The Labute approximate surface area is 236 Å². The highest BCUT2D eigenvalue weighted by Gasteiger charge is 2.75. The van der Waals surface area contributed by atoms with Crippen LogP contribution in [0.2, 0.25) is 0 Å². The van der Waals surface area contributed by atoms with Crippen molar-refractivity contribution in [1.82, 2.24) is 15.5 Å². The number of aliphatic hydroxyl groups is 2. The van der Waals surface area contributed by atoms with E-state index >= 15 is 0 Å². The number of fused-ring (bicyclic) bond motifs is 3. The lowest BCUT2D eigenvalue weighted by Gasteiger charge is -2.39. The minimum atomic E-state index is -1.86. The molecule has 4 rings (SSSR count). The van der Waals surface area contributed by atoms with Gasteiger partial charge in [-0.15, -0.1) is 0 Å². The first-order valence-corrected chi connectivity index (χ1v) is 13.9. The van der Waals surface area contributed by atoms with E-state index in [1.54, 1.807) is 26.4 Å². The van der Waals surface area contributed by atoms with Crippen molar-refractivity contribution in [2.75, 3.05) is 47.5 Å². The number of thiocarbonyl (C=S) groups is 1. The molecule has 39 heavy (non-hydrogen) atoms. The van der Waals surface area contributed by atoms with Crippen LogP contribution >= 0.6 is 12.2 Å². The molecule has 2 aromatic carbocycles. The lowest BCUT2D eigenvalue weighted by atomic mass is 9.73. The number of hydrogen-bond donors (Lipinski definition) is 4. The maximum atomic E-state index is 12.6. The van der Waals surface area contributed by atoms with E-state index in [0.717, 1.165) is 26.1 Å². The van der Waals surface area contributed by atoms with Crippen molar-refractivity contribution in [2.45, 2.75) is 50.5 Å². The van der Waals surface area contributed by atoms with Crippen molar-refractivity contribution in [3.05, 3.63) is 47.5 Å². The molecule has 1 saturated carbocycles. The van der Waals surface area contributed by atoms with Crippen LogP contribution in [0.25, 0.3) is 0 Å². The standard InChI is InChI=1S/C29H41N3O6S/c1-7-32(8-2)15-9-14-30-27(39)31-25-18(3)29(19-10-12-20(35-4)13-11-19)28(34,26(25)33)24-22(37-6)16-21(36-5)17-23(24)38-29/h10-13,16-18,25-26,33-34H,7-9,14-15H2,1-6H3,(H2,30,31,39)/t18-,25-,26-,28+,29-/m1/s1. The van der Waals surface area contributed by atoms with Crippen molar-refractivity contribution in [3.63, 3.8) is 0 Å². The van der Waals surface area contributed by atoms with Crippen LogP contribution in [0.1, 0.15) is 38.3 Å². The highest BCUT2D eigenvalue weighted by Crippen LogP contribution is 2.66. The highest BCUT2D eigenvalue weighted by molar-refractivity contribution is 7.80. The summed E-state index contributed by atoms with van der Waals surface area (Å²) in [6, 6.07) is 10.1. The van der Waals surface area contributed by atoms with E-state index in [-0.39, 0.29) is 0 Å². The monoisotopic (exact) mass is 559 g/mol. The molecule has 5 atom stereocenters. The summed E-state index contributed by atoms with van der Waals surface area (Å²) in [6.07, 6.45) is -0.352. The Bertz CT molecular complexity index is 1160. The fourth-order valence-corrected chi connectivity index (χ4v) is 6.40. The van der Waals surface area contributed by atoms with Crippen LogP contribution in [0.3, 0.4) is 0 Å². The number of hydrogen-bond acceptors (Lipinski definition) is 8. The van der Waals surface area contributed by atoms with Gasteiger partial charge in [-0.1, -0.05) is 32.9 Å². The largest absolute Gasteiger partial charge is 0.497 e. The second kappa shape index (κ2) is 11.8. The van der Waals surface area contributed by atoms with Crippen LogP contribution < -0.4 is 29.6 Å². The molecule has 2 aromatic rings. The smallest absolute Gasteiger partial charge is 0.174 e. The molecule has 9 nitrogen and oxygen atoms in total. The van der Waals surface area contributed by atoms with Gasteiger partial charge in [-0.25, -0.2) is 0 Å². The SMILES string of the molecule is CCN(CC)CCCNC(=S)N[C@H]1[C@@H](O)[C@@]2(O)c3c(OC)cc(OC)cc3O[C@@]2(c2ccc(OC)cc2)[C@@H]1C. The second-order valence-corrected chi connectivity index (χ2v) is 10.5. The lowest BCUT2D eigenvalue weighted by Crippen LogP contribution is -2.52. The van der Waals surface area contributed by atoms with E-state index in [2.05, 4.69) is 29.4 Å². The summed E-state index contributed by atoms with van der Waals surface area (Å²) < 4.78 is 23.2. The van der Waals surface area contributed by atoms with Gasteiger partial charge in [0.25, 0.3) is 0 Å². The van der Waals surface area contributed by atoms with Gasteiger partial charge in [0.05, 0.1) is 32.9 Å². The maximum Gasteiger partial charge on any atom is 0.174 e. The molecule has 0 saturated heterocycles. The van der Waals surface area contributed by atoms with Gasteiger partial charge < -0.3 is 44.7 Å². The average Bonchev–Trinajstić information content (AvgIpc) is 3.32. The van der Waals surface area contributed by atoms with Crippen LogP contribution in [-0.2, 0) is 11.2 Å². The van der Waals surface area contributed by atoms with Crippen molar-refractivity contribution in [1.29, 1.82) is 0 Å². The van der Waals surface area contributed by atoms with Gasteiger partial charge in [-0.2, -0.15) is 0 Å². The van der Waals surface area contributed by atoms with E-state index in [1.165, 1.54) is 7.11 Å². The van der Waals surface area contributed by atoms with Gasteiger partial charge in [0, 0.05) is 24.6 Å². The first-order valence-electron chi connectivity index (χ1n) is 13.5. The molecule has 1 aliphatic heterocycles. The number of aliphatic hydroxyl groups excluding tert-OH is 1. The lowest BCUT2D eigenvalue weighted by molar-refractivity contribution is -0.155. The Morgan fingerprint density at radius 1 is 1.05 bits per heavy atom. The summed E-state index contributed by atoms with van der Waals surface area (Å²) >= 11 is 5.62. The summed E-state index contributed by atoms with van der Waals surface area (Å²) in [6.45, 7) is 9.93. The van der Waals surface area contributed by atoms with Crippen LogP contribution in [0.5, 0.6) is 23.0 Å².